The van der Waals surface area contributed by atoms with Crippen LogP contribution in [0.3, 0.4) is 0 Å². The van der Waals surface area contributed by atoms with Crippen molar-refractivity contribution in [3.05, 3.63) is 109 Å². The largest absolute Gasteiger partial charge is 0.440 e. The molecule has 1 aliphatic heterocycles. The van der Waals surface area contributed by atoms with E-state index in [0.717, 1.165) is 22.4 Å². The van der Waals surface area contributed by atoms with Gasteiger partial charge in [-0.2, -0.15) is 5.26 Å². The van der Waals surface area contributed by atoms with Crippen LogP contribution in [0.1, 0.15) is 33.9 Å². The third-order valence-corrected chi connectivity index (χ3v) is 5.57. The number of benzene rings is 2. The SMILES string of the molecule is Cc1ccc(Cn2c(C)cc3c(c2=O)[C@H](c2cccc(Cl)c2)C(C#N)=C(N)O3)cc1. The highest BCUT2D eigenvalue weighted by Gasteiger charge is 2.34. The standard InChI is InChI=1S/C24H20ClN3O2/c1-14-6-8-16(9-7-14)13-28-15(2)10-20-22(24(28)29)21(19(12-26)23(27)30-20)17-4-3-5-18(25)11-17/h3-11,21H,13,27H2,1-2H3/t21-/m1/s1. The zero-order valence-corrected chi connectivity index (χ0v) is 17.4. The second-order valence-corrected chi connectivity index (χ2v) is 7.86. The molecule has 2 N–H and O–H groups in total. The van der Waals surface area contributed by atoms with Gasteiger partial charge in [-0.3, -0.25) is 4.79 Å². The number of hydrogen-bond acceptors (Lipinski definition) is 4. The van der Waals surface area contributed by atoms with E-state index in [1.807, 2.05) is 44.2 Å². The molecule has 1 aromatic heterocycles. The summed E-state index contributed by atoms with van der Waals surface area (Å²) in [6, 6.07) is 19.1. The van der Waals surface area contributed by atoms with Crippen molar-refractivity contribution in [2.45, 2.75) is 26.3 Å². The summed E-state index contributed by atoms with van der Waals surface area (Å²) in [6.45, 7) is 4.29. The molecule has 0 spiro atoms. The van der Waals surface area contributed by atoms with Crippen molar-refractivity contribution < 1.29 is 4.74 Å². The summed E-state index contributed by atoms with van der Waals surface area (Å²) < 4.78 is 7.38. The van der Waals surface area contributed by atoms with Crippen LogP contribution in [0.2, 0.25) is 5.02 Å². The van der Waals surface area contributed by atoms with Crippen molar-refractivity contribution in [2.24, 2.45) is 5.73 Å². The number of fused-ring (bicyclic) bond motifs is 1. The molecule has 0 saturated carbocycles. The number of hydrogen-bond donors (Lipinski definition) is 1. The predicted octanol–water partition coefficient (Wildman–Crippen LogP) is 4.39. The molecule has 0 aliphatic carbocycles. The Morgan fingerprint density at radius 3 is 2.57 bits per heavy atom. The van der Waals surface area contributed by atoms with E-state index in [9.17, 15) is 10.1 Å². The number of halogens is 1. The van der Waals surface area contributed by atoms with Crippen LogP contribution < -0.4 is 16.0 Å². The van der Waals surface area contributed by atoms with E-state index in [1.54, 1.807) is 28.8 Å². The van der Waals surface area contributed by atoms with Gasteiger partial charge in [-0.1, -0.05) is 53.6 Å². The van der Waals surface area contributed by atoms with Gasteiger partial charge in [-0.05, 0) is 37.1 Å². The highest BCUT2D eigenvalue weighted by atomic mass is 35.5. The minimum absolute atomic E-state index is 0.00469. The molecule has 150 valence electrons. The Balaban J connectivity index is 1.92. The van der Waals surface area contributed by atoms with Crippen LogP contribution in [0.4, 0.5) is 0 Å². The van der Waals surface area contributed by atoms with Crippen molar-refractivity contribution in [3.8, 4) is 11.8 Å². The first kappa shape index (κ1) is 19.8. The molecule has 0 fully saturated rings. The van der Waals surface area contributed by atoms with Gasteiger partial charge in [0.25, 0.3) is 5.56 Å². The highest BCUT2D eigenvalue weighted by Crippen LogP contribution is 2.41. The van der Waals surface area contributed by atoms with Crippen LogP contribution in [0.25, 0.3) is 0 Å². The molecule has 4 rings (SSSR count). The molecule has 0 saturated heterocycles. The summed E-state index contributed by atoms with van der Waals surface area (Å²) in [5.74, 6) is -0.265. The van der Waals surface area contributed by atoms with Crippen molar-refractivity contribution in [1.82, 2.24) is 4.57 Å². The van der Waals surface area contributed by atoms with E-state index in [0.29, 0.717) is 22.9 Å². The summed E-state index contributed by atoms with van der Waals surface area (Å²) in [4.78, 5) is 13.6. The number of aryl methyl sites for hydroxylation is 2. The van der Waals surface area contributed by atoms with Crippen LogP contribution in [-0.2, 0) is 6.54 Å². The van der Waals surface area contributed by atoms with Crippen molar-refractivity contribution in [1.29, 1.82) is 5.26 Å². The molecule has 0 radical (unpaired) electrons. The Hall–Kier alpha value is -3.49. The number of aromatic nitrogens is 1. The number of nitriles is 1. The van der Waals surface area contributed by atoms with Gasteiger partial charge in [-0.25, -0.2) is 0 Å². The van der Waals surface area contributed by atoms with Gasteiger partial charge in [0.05, 0.1) is 18.0 Å². The first-order valence-corrected chi connectivity index (χ1v) is 9.89. The molecule has 5 nitrogen and oxygen atoms in total. The fourth-order valence-electron chi connectivity index (χ4n) is 3.78. The zero-order valence-electron chi connectivity index (χ0n) is 16.6. The van der Waals surface area contributed by atoms with Crippen molar-refractivity contribution in [3.63, 3.8) is 0 Å². The number of nitrogens with two attached hydrogens (primary N) is 1. The second-order valence-electron chi connectivity index (χ2n) is 7.42. The van der Waals surface area contributed by atoms with Gasteiger partial charge in [-0.15, -0.1) is 0 Å². The summed E-state index contributed by atoms with van der Waals surface area (Å²) in [5, 5.41) is 10.3. The summed E-state index contributed by atoms with van der Waals surface area (Å²) in [5.41, 5.74) is 10.0. The molecule has 1 aliphatic rings. The van der Waals surface area contributed by atoms with E-state index < -0.39 is 5.92 Å². The summed E-state index contributed by atoms with van der Waals surface area (Å²) in [7, 11) is 0. The Kier molecular flexibility index (Phi) is 5.11. The number of ether oxygens (including phenoxy) is 1. The maximum absolute atomic E-state index is 13.6. The van der Waals surface area contributed by atoms with Crippen LogP contribution in [0.5, 0.6) is 5.75 Å². The molecule has 30 heavy (non-hydrogen) atoms. The molecule has 2 aromatic carbocycles. The first-order chi connectivity index (χ1) is 14.4. The maximum Gasteiger partial charge on any atom is 0.259 e. The quantitative estimate of drug-likeness (QED) is 0.685. The number of rotatable bonds is 3. The van der Waals surface area contributed by atoms with Gasteiger partial charge in [0.2, 0.25) is 5.88 Å². The van der Waals surface area contributed by atoms with Gasteiger partial charge < -0.3 is 15.0 Å². The summed E-state index contributed by atoms with van der Waals surface area (Å²) in [6.07, 6.45) is 0. The van der Waals surface area contributed by atoms with Crippen LogP contribution in [-0.4, -0.2) is 4.57 Å². The molecule has 0 bridgehead atoms. The van der Waals surface area contributed by atoms with Gasteiger partial charge >= 0.3 is 0 Å². The lowest BCUT2D eigenvalue weighted by atomic mass is 9.84. The number of nitrogens with zero attached hydrogens (tertiary/aromatic N) is 2. The van der Waals surface area contributed by atoms with E-state index >= 15 is 0 Å². The van der Waals surface area contributed by atoms with Crippen molar-refractivity contribution in [2.75, 3.05) is 0 Å². The normalized spacial score (nSPS) is 15.3. The smallest absolute Gasteiger partial charge is 0.259 e. The van der Waals surface area contributed by atoms with Crippen molar-refractivity contribution >= 4 is 11.6 Å². The topological polar surface area (TPSA) is 81.0 Å². The molecular formula is C24H20ClN3O2. The maximum atomic E-state index is 13.6. The van der Waals surface area contributed by atoms with E-state index in [1.165, 1.54) is 0 Å². The third kappa shape index (κ3) is 3.47. The highest BCUT2D eigenvalue weighted by molar-refractivity contribution is 6.30. The molecule has 2 heterocycles. The third-order valence-electron chi connectivity index (χ3n) is 5.33. The second kappa shape index (κ2) is 7.74. The minimum Gasteiger partial charge on any atom is -0.440 e. The molecule has 1 atom stereocenters. The molecular weight excluding hydrogens is 398 g/mol. The van der Waals surface area contributed by atoms with Crippen LogP contribution in [0, 0.1) is 25.2 Å². The van der Waals surface area contributed by atoms with Crippen LogP contribution >= 0.6 is 11.6 Å². The monoisotopic (exact) mass is 417 g/mol. The number of allylic oxidation sites excluding steroid dienone is 1. The predicted molar refractivity (Wildman–Crippen MR) is 116 cm³/mol. The average Bonchev–Trinajstić information content (AvgIpc) is 2.71. The Morgan fingerprint density at radius 2 is 1.90 bits per heavy atom. The molecule has 3 aromatic rings. The van der Waals surface area contributed by atoms with Gasteiger partial charge in [0.15, 0.2) is 0 Å². The number of pyridine rings is 1. The molecule has 0 unspecified atom stereocenters. The Labute approximate surface area is 179 Å². The minimum atomic E-state index is -0.644. The lowest BCUT2D eigenvalue weighted by Gasteiger charge is -2.27. The average molecular weight is 418 g/mol. The lowest BCUT2D eigenvalue weighted by molar-refractivity contribution is 0.389. The van der Waals surface area contributed by atoms with E-state index in [-0.39, 0.29) is 17.0 Å². The van der Waals surface area contributed by atoms with E-state index in [2.05, 4.69) is 6.07 Å². The van der Waals surface area contributed by atoms with Gasteiger partial charge in [0.1, 0.15) is 17.4 Å². The Morgan fingerprint density at radius 1 is 1.17 bits per heavy atom. The first-order valence-electron chi connectivity index (χ1n) is 9.52. The fraction of sp³-hybridized carbons (Fsp3) is 0.167. The van der Waals surface area contributed by atoms with E-state index in [4.69, 9.17) is 22.1 Å². The van der Waals surface area contributed by atoms with Gasteiger partial charge in [0, 0.05) is 16.8 Å². The zero-order chi connectivity index (χ0) is 21.4. The molecule has 0 amide bonds. The fourth-order valence-corrected chi connectivity index (χ4v) is 3.98. The Bertz CT molecular complexity index is 1270. The lowest BCUT2D eigenvalue weighted by Crippen LogP contribution is -2.33. The van der Waals surface area contributed by atoms with Crippen LogP contribution in [0.15, 0.2) is 70.8 Å². The summed E-state index contributed by atoms with van der Waals surface area (Å²) >= 11 is 6.19. The molecule has 6 heteroatoms.